The topological polar surface area (TPSA) is 55.1 Å². The van der Waals surface area contributed by atoms with Gasteiger partial charge in [0.1, 0.15) is 0 Å². The molecule has 3 unspecified atom stereocenters. The first kappa shape index (κ1) is 11.6. The molecule has 0 spiro atoms. The van der Waals surface area contributed by atoms with Crippen LogP contribution in [0.25, 0.3) is 0 Å². The van der Waals surface area contributed by atoms with E-state index in [0.717, 1.165) is 23.6 Å². The second kappa shape index (κ2) is 4.30. The molecule has 2 bridgehead atoms. The fraction of sp³-hybridized carbons (Fsp3) is 0.533. The number of amides is 1. The highest BCUT2D eigenvalue weighted by Gasteiger charge is 2.43. The lowest BCUT2D eigenvalue weighted by Crippen LogP contribution is -2.27. The van der Waals surface area contributed by atoms with Crippen LogP contribution in [0.2, 0.25) is 0 Å². The third-order valence-corrected chi connectivity index (χ3v) is 4.59. The average Bonchev–Trinajstić information content (AvgIpc) is 2.96. The van der Waals surface area contributed by atoms with E-state index in [-0.39, 0.29) is 11.8 Å². The summed E-state index contributed by atoms with van der Waals surface area (Å²) in [7, 11) is 0. The van der Waals surface area contributed by atoms with E-state index in [1.807, 2.05) is 25.1 Å². The number of anilines is 2. The van der Waals surface area contributed by atoms with Crippen molar-refractivity contribution in [3.63, 3.8) is 0 Å². The number of fused-ring (bicyclic) bond motifs is 2. The van der Waals surface area contributed by atoms with E-state index in [1.165, 1.54) is 19.3 Å². The maximum Gasteiger partial charge on any atom is 0.227 e. The lowest BCUT2D eigenvalue weighted by Gasteiger charge is -2.21. The molecule has 0 heterocycles. The lowest BCUT2D eigenvalue weighted by atomic mass is 9.88. The third-order valence-electron chi connectivity index (χ3n) is 4.59. The van der Waals surface area contributed by atoms with Crippen LogP contribution < -0.4 is 11.1 Å². The average molecular weight is 244 g/mol. The van der Waals surface area contributed by atoms with Gasteiger partial charge in [-0.3, -0.25) is 4.79 Å². The molecule has 3 N–H and O–H groups in total. The Bertz CT molecular complexity index is 483. The van der Waals surface area contributed by atoms with Crippen LogP contribution in [0.5, 0.6) is 0 Å². The summed E-state index contributed by atoms with van der Waals surface area (Å²) in [5.41, 5.74) is 8.40. The molecule has 96 valence electrons. The molecule has 2 aliphatic rings. The first-order valence-corrected chi connectivity index (χ1v) is 6.80. The summed E-state index contributed by atoms with van der Waals surface area (Å²) in [5.74, 6) is 1.84. The highest BCUT2D eigenvalue weighted by atomic mass is 16.1. The van der Waals surface area contributed by atoms with Crippen molar-refractivity contribution >= 4 is 17.3 Å². The maximum absolute atomic E-state index is 12.3. The van der Waals surface area contributed by atoms with Crippen molar-refractivity contribution in [3.05, 3.63) is 23.8 Å². The second-order valence-electron chi connectivity index (χ2n) is 5.84. The van der Waals surface area contributed by atoms with E-state index < -0.39 is 0 Å². The van der Waals surface area contributed by atoms with Crippen molar-refractivity contribution in [1.29, 1.82) is 0 Å². The van der Waals surface area contributed by atoms with Crippen molar-refractivity contribution in [3.8, 4) is 0 Å². The molecule has 0 aromatic heterocycles. The largest absolute Gasteiger partial charge is 0.399 e. The predicted octanol–water partition coefficient (Wildman–Crippen LogP) is 2.95. The number of carbonyl (C=O) groups is 1. The summed E-state index contributed by atoms with van der Waals surface area (Å²) < 4.78 is 0. The van der Waals surface area contributed by atoms with Crippen LogP contribution >= 0.6 is 0 Å². The molecule has 3 rings (SSSR count). The fourth-order valence-electron chi connectivity index (χ4n) is 3.57. The molecular formula is C15H20N2O. The number of hydrogen-bond donors (Lipinski definition) is 2. The van der Waals surface area contributed by atoms with Crippen molar-refractivity contribution in [2.45, 2.75) is 32.6 Å². The number of nitrogen functional groups attached to an aromatic ring is 1. The SMILES string of the molecule is Cc1ccc(N)cc1NC(=O)C1CC2CCC1C2. The Morgan fingerprint density at radius 3 is 2.83 bits per heavy atom. The van der Waals surface area contributed by atoms with Gasteiger partial charge in [0.25, 0.3) is 0 Å². The van der Waals surface area contributed by atoms with Crippen LogP contribution in [0.4, 0.5) is 11.4 Å². The van der Waals surface area contributed by atoms with Gasteiger partial charge in [0.15, 0.2) is 0 Å². The number of benzene rings is 1. The van der Waals surface area contributed by atoms with Gasteiger partial charge >= 0.3 is 0 Å². The van der Waals surface area contributed by atoms with Crippen molar-refractivity contribution < 1.29 is 4.79 Å². The van der Waals surface area contributed by atoms with Crippen LogP contribution in [0.1, 0.15) is 31.2 Å². The Morgan fingerprint density at radius 2 is 2.17 bits per heavy atom. The zero-order valence-corrected chi connectivity index (χ0v) is 10.8. The zero-order valence-electron chi connectivity index (χ0n) is 10.8. The van der Waals surface area contributed by atoms with Gasteiger partial charge in [-0.25, -0.2) is 0 Å². The quantitative estimate of drug-likeness (QED) is 0.786. The Labute approximate surface area is 108 Å². The highest BCUT2D eigenvalue weighted by molar-refractivity contribution is 5.94. The molecule has 3 heteroatoms. The van der Waals surface area contributed by atoms with Gasteiger partial charge in [-0.15, -0.1) is 0 Å². The Hall–Kier alpha value is -1.51. The highest BCUT2D eigenvalue weighted by Crippen LogP contribution is 2.48. The minimum absolute atomic E-state index is 0.191. The minimum Gasteiger partial charge on any atom is -0.399 e. The number of hydrogen-bond acceptors (Lipinski definition) is 2. The van der Waals surface area contributed by atoms with E-state index in [0.29, 0.717) is 11.6 Å². The molecule has 2 saturated carbocycles. The first-order chi connectivity index (χ1) is 8.63. The molecule has 2 fully saturated rings. The van der Waals surface area contributed by atoms with Crippen molar-refractivity contribution in [2.75, 3.05) is 11.1 Å². The van der Waals surface area contributed by atoms with Crippen LogP contribution in [0.3, 0.4) is 0 Å². The summed E-state index contributed by atoms with van der Waals surface area (Å²) in [4.78, 5) is 12.3. The predicted molar refractivity (Wildman–Crippen MR) is 73.2 cm³/mol. The summed E-state index contributed by atoms with van der Waals surface area (Å²) in [5, 5.41) is 3.06. The maximum atomic E-state index is 12.3. The van der Waals surface area contributed by atoms with E-state index >= 15 is 0 Å². The first-order valence-electron chi connectivity index (χ1n) is 6.80. The standard InChI is InChI=1S/C15H20N2O/c1-9-2-5-12(16)8-14(9)17-15(18)13-7-10-3-4-11(13)6-10/h2,5,8,10-11,13H,3-4,6-7,16H2,1H3,(H,17,18). The van der Waals surface area contributed by atoms with E-state index in [2.05, 4.69) is 5.32 Å². The Balaban J connectivity index is 1.72. The normalized spacial score (nSPS) is 29.5. The third kappa shape index (κ3) is 1.98. The molecule has 0 radical (unpaired) electrons. The molecule has 1 amide bonds. The molecule has 1 aromatic rings. The van der Waals surface area contributed by atoms with Crippen molar-refractivity contribution in [2.24, 2.45) is 17.8 Å². The monoisotopic (exact) mass is 244 g/mol. The van der Waals surface area contributed by atoms with E-state index in [9.17, 15) is 4.79 Å². The molecular weight excluding hydrogens is 224 g/mol. The number of carbonyl (C=O) groups excluding carboxylic acids is 1. The number of nitrogens with two attached hydrogens (primary N) is 1. The molecule has 18 heavy (non-hydrogen) atoms. The number of aryl methyl sites for hydroxylation is 1. The molecule has 3 nitrogen and oxygen atoms in total. The lowest BCUT2D eigenvalue weighted by molar-refractivity contribution is -0.121. The van der Waals surface area contributed by atoms with Gasteiger partial charge < -0.3 is 11.1 Å². The molecule has 0 saturated heterocycles. The summed E-state index contributed by atoms with van der Waals surface area (Å²) in [6.07, 6.45) is 4.90. The van der Waals surface area contributed by atoms with E-state index in [1.54, 1.807) is 0 Å². The van der Waals surface area contributed by atoms with Crippen LogP contribution in [-0.2, 0) is 4.79 Å². The van der Waals surface area contributed by atoms with Gasteiger partial charge in [0.2, 0.25) is 5.91 Å². The van der Waals surface area contributed by atoms with E-state index in [4.69, 9.17) is 5.73 Å². The molecule has 1 aromatic carbocycles. The smallest absolute Gasteiger partial charge is 0.227 e. The summed E-state index contributed by atoms with van der Waals surface area (Å²) in [6, 6.07) is 5.66. The second-order valence-corrected chi connectivity index (χ2v) is 5.84. The number of rotatable bonds is 2. The zero-order chi connectivity index (χ0) is 12.7. The van der Waals surface area contributed by atoms with Gasteiger partial charge in [-0.1, -0.05) is 12.5 Å². The van der Waals surface area contributed by atoms with Crippen LogP contribution in [-0.4, -0.2) is 5.91 Å². The Morgan fingerprint density at radius 1 is 1.33 bits per heavy atom. The minimum atomic E-state index is 0.191. The molecule has 2 aliphatic carbocycles. The van der Waals surface area contributed by atoms with Crippen LogP contribution in [0.15, 0.2) is 18.2 Å². The van der Waals surface area contributed by atoms with Gasteiger partial charge in [-0.05, 0) is 55.7 Å². The number of nitrogens with one attached hydrogen (secondary N) is 1. The Kier molecular flexibility index (Phi) is 2.77. The van der Waals surface area contributed by atoms with Gasteiger partial charge in [-0.2, -0.15) is 0 Å². The van der Waals surface area contributed by atoms with Gasteiger partial charge in [0.05, 0.1) is 0 Å². The van der Waals surface area contributed by atoms with Gasteiger partial charge in [0, 0.05) is 17.3 Å². The fourth-order valence-corrected chi connectivity index (χ4v) is 3.57. The summed E-state index contributed by atoms with van der Waals surface area (Å²) >= 11 is 0. The molecule has 0 aliphatic heterocycles. The van der Waals surface area contributed by atoms with Crippen molar-refractivity contribution in [1.82, 2.24) is 0 Å². The molecule has 3 atom stereocenters. The van der Waals surface area contributed by atoms with Crippen LogP contribution in [0, 0.1) is 24.7 Å². The summed E-state index contributed by atoms with van der Waals surface area (Å²) in [6.45, 7) is 2.00.